The van der Waals surface area contributed by atoms with Gasteiger partial charge in [0.1, 0.15) is 5.76 Å². The van der Waals surface area contributed by atoms with Crippen LogP contribution >= 0.6 is 0 Å². The Kier molecular flexibility index (Phi) is 4.13. The van der Waals surface area contributed by atoms with E-state index in [-0.39, 0.29) is 0 Å². The number of aryl methyl sites for hydroxylation is 1. The molecule has 20 heavy (non-hydrogen) atoms. The van der Waals surface area contributed by atoms with Gasteiger partial charge in [0.2, 0.25) is 11.8 Å². The van der Waals surface area contributed by atoms with Crippen LogP contribution in [-0.2, 0) is 19.5 Å². The van der Waals surface area contributed by atoms with E-state index >= 15 is 0 Å². The second-order valence-corrected chi connectivity index (χ2v) is 5.07. The van der Waals surface area contributed by atoms with Crippen LogP contribution in [0, 0.1) is 0 Å². The summed E-state index contributed by atoms with van der Waals surface area (Å²) in [4.78, 5) is 4.76. The maximum Gasteiger partial charge on any atom is 0.230 e. The van der Waals surface area contributed by atoms with E-state index in [1.807, 2.05) is 19.1 Å². The predicted octanol–water partition coefficient (Wildman–Crippen LogP) is 1.54. The van der Waals surface area contributed by atoms with Crippen molar-refractivity contribution in [3.8, 4) is 0 Å². The largest absolute Gasteiger partial charge is 0.468 e. The summed E-state index contributed by atoms with van der Waals surface area (Å²) in [5, 5.41) is 8.07. The van der Waals surface area contributed by atoms with E-state index in [0.717, 1.165) is 63.2 Å². The second kappa shape index (κ2) is 6.19. The van der Waals surface area contributed by atoms with E-state index in [2.05, 4.69) is 20.0 Å². The first kappa shape index (κ1) is 13.3. The number of furan rings is 1. The molecule has 0 aromatic carbocycles. The quantitative estimate of drug-likeness (QED) is 0.825. The summed E-state index contributed by atoms with van der Waals surface area (Å²) in [5.74, 6) is 2.47. The zero-order valence-corrected chi connectivity index (χ0v) is 11.8. The van der Waals surface area contributed by atoms with E-state index in [0.29, 0.717) is 0 Å². The minimum atomic E-state index is 0.719. The summed E-state index contributed by atoms with van der Waals surface area (Å²) >= 11 is 0. The van der Waals surface area contributed by atoms with E-state index in [4.69, 9.17) is 8.83 Å². The lowest BCUT2D eigenvalue weighted by Gasteiger charge is -2.33. The third kappa shape index (κ3) is 3.26. The van der Waals surface area contributed by atoms with Crippen LogP contribution < -0.4 is 0 Å². The molecule has 0 radical (unpaired) electrons. The molecule has 0 saturated carbocycles. The number of aromatic nitrogens is 2. The van der Waals surface area contributed by atoms with Crippen molar-refractivity contribution in [3.05, 3.63) is 35.9 Å². The van der Waals surface area contributed by atoms with Crippen LogP contribution in [0.1, 0.15) is 24.5 Å². The minimum absolute atomic E-state index is 0.719. The number of hydrogen-bond donors (Lipinski definition) is 0. The molecule has 0 spiro atoms. The Morgan fingerprint density at radius 1 is 1.05 bits per heavy atom. The van der Waals surface area contributed by atoms with Crippen LogP contribution in [0.5, 0.6) is 0 Å². The van der Waals surface area contributed by atoms with E-state index in [1.165, 1.54) is 0 Å². The van der Waals surface area contributed by atoms with Gasteiger partial charge in [-0.05, 0) is 12.1 Å². The highest BCUT2D eigenvalue weighted by molar-refractivity contribution is 4.98. The first-order valence-corrected chi connectivity index (χ1v) is 7.12. The normalized spacial score (nSPS) is 17.6. The van der Waals surface area contributed by atoms with Crippen LogP contribution in [0.2, 0.25) is 0 Å². The van der Waals surface area contributed by atoms with Gasteiger partial charge in [-0.1, -0.05) is 6.92 Å². The highest BCUT2D eigenvalue weighted by Gasteiger charge is 2.19. The zero-order chi connectivity index (χ0) is 13.8. The molecule has 0 unspecified atom stereocenters. The zero-order valence-electron chi connectivity index (χ0n) is 11.8. The molecule has 3 rings (SSSR count). The Hall–Kier alpha value is -1.66. The molecule has 0 bridgehead atoms. The highest BCUT2D eigenvalue weighted by Crippen LogP contribution is 2.11. The number of hydrogen-bond acceptors (Lipinski definition) is 6. The molecule has 1 fully saturated rings. The Morgan fingerprint density at radius 2 is 1.75 bits per heavy atom. The Balaban J connectivity index is 1.46. The van der Waals surface area contributed by atoms with Crippen molar-refractivity contribution in [3.63, 3.8) is 0 Å². The molecule has 2 aromatic heterocycles. The molecular formula is C14H20N4O2. The first-order chi connectivity index (χ1) is 9.83. The molecular weight excluding hydrogens is 256 g/mol. The maximum atomic E-state index is 5.56. The maximum absolute atomic E-state index is 5.56. The van der Waals surface area contributed by atoms with E-state index < -0.39 is 0 Å². The molecule has 1 aliphatic rings. The summed E-state index contributed by atoms with van der Waals surface area (Å²) < 4.78 is 10.9. The van der Waals surface area contributed by atoms with E-state index in [1.54, 1.807) is 6.26 Å². The van der Waals surface area contributed by atoms with Gasteiger partial charge in [0.25, 0.3) is 0 Å². The Labute approximate surface area is 118 Å². The third-order valence-corrected chi connectivity index (χ3v) is 3.59. The molecule has 6 heteroatoms. The van der Waals surface area contributed by atoms with Gasteiger partial charge < -0.3 is 8.83 Å². The van der Waals surface area contributed by atoms with Gasteiger partial charge >= 0.3 is 0 Å². The smallest absolute Gasteiger partial charge is 0.230 e. The Morgan fingerprint density at radius 3 is 2.35 bits per heavy atom. The molecule has 0 N–H and O–H groups in total. The highest BCUT2D eigenvalue weighted by atomic mass is 16.4. The van der Waals surface area contributed by atoms with Crippen LogP contribution in [0.3, 0.4) is 0 Å². The molecule has 0 atom stereocenters. The van der Waals surface area contributed by atoms with Crippen molar-refractivity contribution in [1.82, 2.24) is 20.0 Å². The fourth-order valence-electron chi connectivity index (χ4n) is 2.41. The van der Waals surface area contributed by atoms with Crippen molar-refractivity contribution < 1.29 is 8.83 Å². The summed E-state index contributed by atoms with van der Waals surface area (Å²) in [6.07, 6.45) is 2.52. The van der Waals surface area contributed by atoms with Gasteiger partial charge in [0.15, 0.2) is 0 Å². The summed E-state index contributed by atoms with van der Waals surface area (Å²) in [6, 6.07) is 3.96. The van der Waals surface area contributed by atoms with Crippen LogP contribution in [0.4, 0.5) is 0 Å². The predicted molar refractivity (Wildman–Crippen MR) is 72.9 cm³/mol. The van der Waals surface area contributed by atoms with Crippen molar-refractivity contribution >= 4 is 0 Å². The Bertz CT molecular complexity index is 515. The van der Waals surface area contributed by atoms with Crippen molar-refractivity contribution in [2.45, 2.75) is 26.4 Å². The molecule has 2 aromatic rings. The molecule has 1 aliphatic heterocycles. The average Bonchev–Trinajstić information content (AvgIpc) is 3.12. The molecule has 1 saturated heterocycles. The van der Waals surface area contributed by atoms with Crippen LogP contribution in [0.25, 0.3) is 0 Å². The molecule has 0 amide bonds. The van der Waals surface area contributed by atoms with Gasteiger partial charge in [0.05, 0.1) is 19.4 Å². The fourth-order valence-corrected chi connectivity index (χ4v) is 2.41. The van der Waals surface area contributed by atoms with Crippen molar-refractivity contribution in [2.75, 3.05) is 26.2 Å². The summed E-state index contributed by atoms with van der Waals surface area (Å²) in [6.45, 7) is 7.77. The van der Waals surface area contributed by atoms with Gasteiger partial charge in [-0.15, -0.1) is 10.2 Å². The molecule has 0 aliphatic carbocycles. The lowest BCUT2D eigenvalue weighted by Crippen LogP contribution is -2.45. The molecule has 6 nitrogen and oxygen atoms in total. The average molecular weight is 276 g/mol. The first-order valence-electron chi connectivity index (χ1n) is 7.12. The number of nitrogens with zero attached hydrogens (tertiary/aromatic N) is 4. The fraction of sp³-hybridized carbons (Fsp3) is 0.571. The van der Waals surface area contributed by atoms with Crippen LogP contribution in [-0.4, -0.2) is 46.2 Å². The molecule has 108 valence electrons. The molecule has 3 heterocycles. The SMILES string of the molecule is CCc1nnc(CN2CCN(Cc3ccco3)CC2)o1. The van der Waals surface area contributed by atoms with E-state index in [9.17, 15) is 0 Å². The van der Waals surface area contributed by atoms with Crippen molar-refractivity contribution in [2.24, 2.45) is 0 Å². The van der Waals surface area contributed by atoms with Crippen molar-refractivity contribution in [1.29, 1.82) is 0 Å². The van der Waals surface area contributed by atoms with Gasteiger partial charge in [-0.25, -0.2) is 0 Å². The standard InChI is InChI=1S/C14H20N4O2/c1-2-13-15-16-14(20-13)11-18-7-5-17(6-8-18)10-12-4-3-9-19-12/h3-4,9H,2,5-8,10-11H2,1H3. The number of rotatable bonds is 5. The van der Waals surface area contributed by atoms with Crippen LogP contribution in [0.15, 0.2) is 27.2 Å². The third-order valence-electron chi connectivity index (χ3n) is 3.59. The lowest BCUT2D eigenvalue weighted by molar-refractivity contribution is 0.108. The number of piperazine rings is 1. The topological polar surface area (TPSA) is 58.5 Å². The monoisotopic (exact) mass is 276 g/mol. The van der Waals surface area contributed by atoms with Gasteiger partial charge in [-0.3, -0.25) is 9.80 Å². The van der Waals surface area contributed by atoms with Gasteiger partial charge in [0, 0.05) is 32.6 Å². The lowest BCUT2D eigenvalue weighted by atomic mass is 10.3. The summed E-state index contributed by atoms with van der Waals surface area (Å²) in [7, 11) is 0. The minimum Gasteiger partial charge on any atom is -0.468 e. The van der Waals surface area contributed by atoms with Gasteiger partial charge in [-0.2, -0.15) is 0 Å². The second-order valence-electron chi connectivity index (χ2n) is 5.07. The summed E-state index contributed by atoms with van der Waals surface area (Å²) in [5.41, 5.74) is 0.